The Morgan fingerprint density at radius 3 is 2.10 bits per heavy atom. The van der Waals surface area contributed by atoms with Crippen LogP contribution in [0.25, 0.3) is 0 Å². The first kappa shape index (κ1) is 14.1. The highest BCUT2D eigenvalue weighted by atomic mass is 19.2. The second-order valence-electron chi connectivity index (χ2n) is 4.11. The standard InChI is InChI=1S/C14H11F3N2O/c15-11-5-10(6-12(16)13(11)17)19-14(20)9-3-1-8(7-18)2-4-9/h1-6H,7,18H2,(H,19,20). The lowest BCUT2D eigenvalue weighted by Gasteiger charge is -2.07. The molecule has 0 saturated heterocycles. The summed E-state index contributed by atoms with van der Waals surface area (Å²) in [6.07, 6.45) is 0. The maximum atomic E-state index is 13.0. The number of amides is 1. The van der Waals surface area contributed by atoms with Gasteiger partial charge in [0.05, 0.1) is 0 Å². The summed E-state index contributed by atoms with van der Waals surface area (Å²) in [5.41, 5.74) is 6.42. The lowest BCUT2D eigenvalue weighted by molar-refractivity contribution is 0.102. The Kier molecular flexibility index (Phi) is 4.05. The molecule has 104 valence electrons. The highest BCUT2D eigenvalue weighted by molar-refractivity contribution is 6.04. The van der Waals surface area contributed by atoms with E-state index in [2.05, 4.69) is 5.32 Å². The maximum absolute atomic E-state index is 13.0. The molecule has 2 rings (SSSR count). The minimum absolute atomic E-state index is 0.158. The minimum Gasteiger partial charge on any atom is -0.326 e. The monoisotopic (exact) mass is 280 g/mol. The molecule has 0 aliphatic rings. The molecule has 3 N–H and O–H groups in total. The smallest absolute Gasteiger partial charge is 0.255 e. The molecule has 0 saturated carbocycles. The first-order valence-electron chi connectivity index (χ1n) is 5.76. The zero-order chi connectivity index (χ0) is 14.7. The van der Waals surface area contributed by atoms with Crippen molar-refractivity contribution in [2.24, 2.45) is 5.73 Å². The van der Waals surface area contributed by atoms with E-state index in [1.54, 1.807) is 12.1 Å². The molecule has 0 aliphatic heterocycles. The van der Waals surface area contributed by atoms with Gasteiger partial charge >= 0.3 is 0 Å². The van der Waals surface area contributed by atoms with Crippen molar-refractivity contribution in [2.75, 3.05) is 5.32 Å². The molecule has 0 aliphatic carbocycles. The highest BCUT2D eigenvalue weighted by Gasteiger charge is 2.13. The third-order valence-electron chi connectivity index (χ3n) is 2.69. The normalized spacial score (nSPS) is 10.4. The van der Waals surface area contributed by atoms with E-state index in [9.17, 15) is 18.0 Å². The molecule has 0 heterocycles. The number of carbonyl (C=O) groups is 1. The van der Waals surface area contributed by atoms with E-state index in [0.29, 0.717) is 24.2 Å². The van der Waals surface area contributed by atoms with Gasteiger partial charge in [0.15, 0.2) is 17.5 Å². The topological polar surface area (TPSA) is 55.1 Å². The molecule has 0 fully saturated rings. The summed E-state index contributed by atoms with van der Waals surface area (Å²) in [4.78, 5) is 11.8. The largest absolute Gasteiger partial charge is 0.326 e. The zero-order valence-corrected chi connectivity index (χ0v) is 10.3. The number of nitrogens with two attached hydrogens (primary N) is 1. The van der Waals surface area contributed by atoms with Crippen molar-refractivity contribution in [3.8, 4) is 0 Å². The van der Waals surface area contributed by atoms with Crippen LogP contribution in [0.5, 0.6) is 0 Å². The van der Waals surface area contributed by atoms with Gasteiger partial charge < -0.3 is 11.1 Å². The lowest BCUT2D eigenvalue weighted by Crippen LogP contribution is -2.13. The van der Waals surface area contributed by atoms with Gasteiger partial charge in [0.25, 0.3) is 5.91 Å². The second-order valence-corrected chi connectivity index (χ2v) is 4.11. The summed E-state index contributed by atoms with van der Waals surface area (Å²) in [6, 6.07) is 7.83. The Balaban J connectivity index is 2.18. The summed E-state index contributed by atoms with van der Waals surface area (Å²) in [5.74, 6) is -4.85. The number of rotatable bonds is 3. The van der Waals surface area contributed by atoms with Crippen LogP contribution < -0.4 is 11.1 Å². The predicted octanol–water partition coefficient (Wildman–Crippen LogP) is 2.81. The SMILES string of the molecule is NCc1ccc(C(=O)Nc2cc(F)c(F)c(F)c2)cc1. The van der Waals surface area contributed by atoms with Crippen molar-refractivity contribution >= 4 is 11.6 Å². The van der Waals surface area contributed by atoms with E-state index >= 15 is 0 Å². The third kappa shape index (κ3) is 2.97. The van der Waals surface area contributed by atoms with E-state index in [0.717, 1.165) is 5.56 Å². The molecule has 0 atom stereocenters. The van der Waals surface area contributed by atoms with Crippen molar-refractivity contribution < 1.29 is 18.0 Å². The number of nitrogens with one attached hydrogen (secondary N) is 1. The van der Waals surface area contributed by atoms with Crippen LogP contribution in [0.4, 0.5) is 18.9 Å². The van der Waals surface area contributed by atoms with Gasteiger partial charge in [-0.1, -0.05) is 12.1 Å². The quantitative estimate of drug-likeness (QED) is 0.849. The number of hydrogen-bond acceptors (Lipinski definition) is 2. The second kappa shape index (κ2) is 5.75. The Bertz CT molecular complexity index is 618. The van der Waals surface area contributed by atoms with Crippen LogP contribution in [0.1, 0.15) is 15.9 Å². The van der Waals surface area contributed by atoms with Crippen LogP contribution in [0, 0.1) is 17.5 Å². The number of halogens is 3. The van der Waals surface area contributed by atoms with E-state index in [-0.39, 0.29) is 5.69 Å². The highest BCUT2D eigenvalue weighted by Crippen LogP contribution is 2.18. The number of anilines is 1. The Hall–Kier alpha value is -2.34. The van der Waals surface area contributed by atoms with Gasteiger partial charge in [0.2, 0.25) is 0 Å². The number of hydrogen-bond donors (Lipinski definition) is 2. The molecule has 0 spiro atoms. The number of benzene rings is 2. The molecule has 2 aromatic carbocycles. The van der Waals surface area contributed by atoms with Crippen molar-refractivity contribution in [1.82, 2.24) is 0 Å². The summed E-state index contributed by atoms with van der Waals surface area (Å²) in [6.45, 7) is 0.344. The molecule has 0 bridgehead atoms. The summed E-state index contributed by atoms with van der Waals surface area (Å²) < 4.78 is 38.8. The van der Waals surface area contributed by atoms with Crippen LogP contribution in [-0.4, -0.2) is 5.91 Å². The van der Waals surface area contributed by atoms with E-state index in [1.807, 2.05) is 0 Å². The van der Waals surface area contributed by atoms with Crippen LogP contribution in [-0.2, 0) is 6.54 Å². The van der Waals surface area contributed by atoms with Gasteiger partial charge in [-0.15, -0.1) is 0 Å². The molecule has 0 radical (unpaired) electrons. The van der Waals surface area contributed by atoms with E-state index < -0.39 is 23.4 Å². The summed E-state index contributed by atoms with van der Waals surface area (Å²) >= 11 is 0. The Labute approximate surface area is 113 Å². The molecular formula is C14H11F3N2O. The van der Waals surface area contributed by atoms with Gasteiger partial charge in [-0.05, 0) is 17.7 Å². The van der Waals surface area contributed by atoms with Gasteiger partial charge in [-0.2, -0.15) is 0 Å². The first-order valence-corrected chi connectivity index (χ1v) is 5.76. The van der Waals surface area contributed by atoms with Crippen LogP contribution in [0.2, 0.25) is 0 Å². The van der Waals surface area contributed by atoms with Crippen molar-refractivity contribution in [3.63, 3.8) is 0 Å². The fourth-order valence-corrected chi connectivity index (χ4v) is 1.62. The van der Waals surface area contributed by atoms with Gasteiger partial charge in [-0.25, -0.2) is 13.2 Å². The van der Waals surface area contributed by atoms with Gasteiger partial charge in [0, 0.05) is 29.9 Å². The fraction of sp³-hybridized carbons (Fsp3) is 0.0714. The van der Waals surface area contributed by atoms with Crippen molar-refractivity contribution in [3.05, 3.63) is 65.0 Å². The lowest BCUT2D eigenvalue weighted by atomic mass is 10.1. The van der Waals surface area contributed by atoms with E-state index in [1.165, 1.54) is 12.1 Å². The summed E-state index contributed by atoms with van der Waals surface area (Å²) in [5, 5.41) is 2.29. The average Bonchev–Trinajstić information content (AvgIpc) is 2.44. The predicted molar refractivity (Wildman–Crippen MR) is 68.6 cm³/mol. The molecular weight excluding hydrogens is 269 g/mol. The third-order valence-corrected chi connectivity index (χ3v) is 2.69. The van der Waals surface area contributed by atoms with Crippen molar-refractivity contribution in [1.29, 1.82) is 0 Å². The van der Waals surface area contributed by atoms with Crippen LogP contribution in [0.15, 0.2) is 36.4 Å². The Morgan fingerprint density at radius 1 is 1.05 bits per heavy atom. The fourth-order valence-electron chi connectivity index (χ4n) is 1.62. The Morgan fingerprint density at radius 2 is 1.60 bits per heavy atom. The molecule has 20 heavy (non-hydrogen) atoms. The summed E-state index contributed by atoms with van der Waals surface area (Å²) in [7, 11) is 0. The van der Waals surface area contributed by atoms with E-state index in [4.69, 9.17) is 5.73 Å². The average molecular weight is 280 g/mol. The van der Waals surface area contributed by atoms with Crippen LogP contribution in [0.3, 0.4) is 0 Å². The molecule has 0 unspecified atom stereocenters. The minimum atomic E-state index is -1.57. The van der Waals surface area contributed by atoms with Gasteiger partial charge in [0.1, 0.15) is 0 Å². The maximum Gasteiger partial charge on any atom is 0.255 e. The molecule has 2 aromatic rings. The zero-order valence-electron chi connectivity index (χ0n) is 10.3. The van der Waals surface area contributed by atoms with Crippen molar-refractivity contribution in [2.45, 2.75) is 6.54 Å². The van der Waals surface area contributed by atoms with Crippen LogP contribution >= 0.6 is 0 Å². The van der Waals surface area contributed by atoms with Gasteiger partial charge in [-0.3, -0.25) is 4.79 Å². The first-order chi connectivity index (χ1) is 9.51. The number of carbonyl (C=O) groups excluding carboxylic acids is 1. The molecule has 1 amide bonds. The molecule has 6 heteroatoms. The molecule has 3 nitrogen and oxygen atoms in total. The molecule has 0 aromatic heterocycles.